The van der Waals surface area contributed by atoms with Gasteiger partial charge in [0.2, 0.25) is 0 Å². The number of aromatic nitrogens is 4. The summed E-state index contributed by atoms with van der Waals surface area (Å²) in [5, 5.41) is 16.4. The fraction of sp³-hybridized carbons (Fsp3) is 0.179. The highest BCUT2D eigenvalue weighted by Gasteiger charge is 2.20. The monoisotopic (exact) mass is 513 g/mol. The summed E-state index contributed by atoms with van der Waals surface area (Å²) in [6.45, 7) is 4.42. The van der Waals surface area contributed by atoms with Crippen LogP contribution in [-0.4, -0.2) is 26.9 Å². The van der Waals surface area contributed by atoms with Crippen molar-refractivity contribution < 1.29 is 4.74 Å². The van der Waals surface area contributed by atoms with Gasteiger partial charge in [0.05, 0.1) is 18.5 Å². The number of anilines is 2. The maximum atomic E-state index is 5.34. The van der Waals surface area contributed by atoms with Crippen LogP contribution in [0.4, 0.5) is 10.8 Å². The lowest BCUT2D eigenvalue weighted by atomic mass is 10.0. The summed E-state index contributed by atoms with van der Waals surface area (Å²) in [7, 11) is 1.67. The zero-order valence-corrected chi connectivity index (χ0v) is 22.0. The van der Waals surface area contributed by atoms with Crippen LogP contribution in [0.2, 0.25) is 0 Å². The van der Waals surface area contributed by atoms with E-state index >= 15 is 0 Å². The number of benzene rings is 3. The van der Waals surface area contributed by atoms with E-state index in [9.17, 15) is 0 Å². The molecule has 0 bridgehead atoms. The summed E-state index contributed by atoms with van der Waals surface area (Å²) in [5.41, 5.74) is 5.35. The number of rotatable bonds is 9. The molecule has 0 atom stereocenters. The molecule has 0 amide bonds. The predicted molar refractivity (Wildman–Crippen MR) is 149 cm³/mol. The highest BCUT2D eigenvalue weighted by atomic mass is 32.2. The number of nitrogens with zero attached hydrogens (tertiary/aromatic N) is 4. The molecule has 1 N–H and O–H groups in total. The molecule has 0 radical (unpaired) electrons. The van der Waals surface area contributed by atoms with Crippen LogP contribution in [0.5, 0.6) is 5.75 Å². The molecule has 5 aromatic rings. The first-order valence-electron chi connectivity index (χ1n) is 11.7. The van der Waals surface area contributed by atoms with E-state index in [0.29, 0.717) is 11.7 Å². The van der Waals surface area contributed by atoms with Crippen molar-refractivity contribution in [2.45, 2.75) is 30.7 Å². The van der Waals surface area contributed by atoms with Gasteiger partial charge in [-0.15, -0.1) is 21.5 Å². The molecular weight excluding hydrogens is 486 g/mol. The molecule has 3 aromatic carbocycles. The molecule has 0 saturated carbocycles. The Morgan fingerprint density at radius 1 is 0.944 bits per heavy atom. The normalized spacial score (nSPS) is 11.1. The van der Waals surface area contributed by atoms with Gasteiger partial charge in [0.1, 0.15) is 5.75 Å². The molecule has 0 saturated heterocycles. The maximum Gasteiger partial charge on any atom is 0.196 e. The summed E-state index contributed by atoms with van der Waals surface area (Å²) in [6.07, 6.45) is 0. The molecule has 182 valence electrons. The lowest BCUT2D eigenvalue weighted by Crippen LogP contribution is -2.05. The van der Waals surface area contributed by atoms with Gasteiger partial charge in [0, 0.05) is 22.4 Å². The maximum absolute atomic E-state index is 5.34. The fourth-order valence-electron chi connectivity index (χ4n) is 3.90. The van der Waals surface area contributed by atoms with E-state index in [1.807, 2.05) is 54.6 Å². The van der Waals surface area contributed by atoms with Gasteiger partial charge in [-0.05, 0) is 53.9 Å². The van der Waals surface area contributed by atoms with E-state index < -0.39 is 0 Å². The Kier molecular flexibility index (Phi) is 7.34. The van der Waals surface area contributed by atoms with Crippen molar-refractivity contribution in [3.63, 3.8) is 0 Å². The number of methoxy groups -OCH3 is 1. The molecule has 8 heteroatoms. The van der Waals surface area contributed by atoms with Gasteiger partial charge >= 0.3 is 0 Å². The molecule has 0 spiro atoms. The van der Waals surface area contributed by atoms with Gasteiger partial charge in [0.25, 0.3) is 0 Å². The van der Waals surface area contributed by atoms with Crippen molar-refractivity contribution >= 4 is 33.9 Å². The third kappa shape index (κ3) is 5.29. The molecule has 0 aliphatic heterocycles. The highest BCUT2D eigenvalue weighted by molar-refractivity contribution is 7.98. The molecule has 6 nitrogen and oxygen atoms in total. The molecule has 0 fully saturated rings. The third-order valence-electron chi connectivity index (χ3n) is 5.71. The Balaban J connectivity index is 1.45. The zero-order chi connectivity index (χ0) is 24.9. The quantitative estimate of drug-likeness (QED) is 0.205. The van der Waals surface area contributed by atoms with E-state index in [2.05, 4.69) is 63.6 Å². The number of hydrogen-bond donors (Lipinski definition) is 1. The van der Waals surface area contributed by atoms with Crippen molar-refractivity contribution in [2.24, 2.45) is 0 Å². The largest absolute Gasteiger partial charge is 0.497 e. The third-order valence-corrected chi connectivity index (χ3v) is 7.48. The van der Waals surface area contributed by atoms with Crippen LogP contribution in [0.3, 0.4) is 0 Å². The number of ether oxygens (including phenoxy) is 1. The average molecular weight is 514 g/mol. The lowest BCUT2D eigenvalue weighted by Gasteiger charge is -2.17. The van der Waals surface area contributed by atoms with Crippen molar-refractivity contribution in [2.75, 3.05) is 12.4 Å². The first-order chi connectivity index (χ1) is 17.6. The summed E-state index contributed by atoms with van der Waals surface area (Å²) in [4.78, 5) is 4.77. The minimum atomic E-state index is 0.357. The predicted octanol–water partition coefficient (Wildman–Crippen LogP) is 7.56. The summed E-state index contributed by atoms with van der Waals surface area (Å²) in [5.74, 6) is 2.66. The first kappa shape index (κ1) is 24.1. The molecule has 0 aliphatic rings. The fourth-order valence-corrected chi connectivity index (χ4v) is 5.57. The second kappa shape index (κ2) is 11.0. The van der Waals surface area contributed by atoms with Gasteiger partial charge in [-0.1, -0.05) is 62.0 Å². The standard InChI is InChI=1S/C28H27N5OS2/c1-19(2)24-11-7-8-12-25(24)33-26(20-13-15-23(34-3)16-14-20)31-32-28(33)36-18-22-17-35-27(30-22)29-21-9-5-4-6-10-21/h4-17,19H,18H2,1-3H3,(H,29,30). The Labute approximate surface area is 219 Å². The van der Waals surface area contributed by atoms with E-state index in [4.69, 9.17) is 9.72 Å². The molecule has 0 unspecified atom stereocenters. The number of nitrogens with one attached hydrogen (secondary N) is 1. The van der Waals surface area contributed by atoms with Crippen LogP contribution in [0.15, 0.2) is 89.4 Å². The Bertz CT molecular complexity index is 1430. The summed E-state index contributed by atoms with van der Waals surface area (Å²) < 4.78 is 7.51. The highest BCUT2D eigenvalue weighted by Crippen LogP contribution is 2.34. The zero-order valence-electron chi connectivity index (χ0n) is 20.4. The topological polar surface area (TPSA) is 64.9 Å². The van der Waals surface area contributed by atoms with Gasteiger partial charge in [0.15, 0.2) is 16.1 Å². The summed E-state index contributed by atoms with van der Waals surface area (Å²) >= 11 is 3.24. The van der Waals surface area contributed by atoms with E-state index in [1.165, 1.54) is 5.56 Å². The molecule has 0 aliphatic carbocycles. The van der Waals surface area contributed by atoms with Crippen molar-refractivity contribution in [3.8, 4) is 22.8 Å². The molecule has 5 rings (SSSR count). The van der Waals surface area contributed by atoms with E-state index in [-0.39, 0.29) is 0 Å². The smallest absolute Gasteiger partial charge is 0.196 e. The second-order valence-electron chi connectivity index (χ2n) is 8.51. The van der Waals surface area contributed by atoms with Gasteiger partial charge in [-0.3, -0.25) is 4.57 Å². The number of thioether (sulfide) groups is 1. The average Bonchev–Trinajstić information content (AvgIpc) is 3.55. The number of para-hydroxylation sites is 2. The van der Waals surface area contributed by atoms with Crippen molar-refractivity contribution in [1.82, 2.24) is 19.7 Å². The van der Waals surface area contributed by atoms with E-state index in [1.54, 1.807) is 30.2 Å². The van der Waals surface area contributed by atoms with Crippen LogP contribution in [-0.2, 0) is 5.75 Å². The van der Waals surface area contributed by atoms with Crippen LogP contribution < -0.4 is 10.1 Å². The lowest BCUT2D eigenvalue weighted by molar-refractivity contribution is 0.415. The molecule has 2 heterocycles. The molecule has 2 aromatic heterocycles. The van der Waals surface area contributed by atoms with Crippen LogP contribution in [0, 0.1) is 0 Å². The Morgan fingerprint density at radius 3 is 2.44 bits per heavy atom. The number of hydrogen-bond acceptors (Lipinski definition) is 7. The van der Waals surface area contributed by atoms with Crippen LogP contribution in [0.1, 0.15) is 31.0 Å². The van der Waals surface area contributed by atoms with Crippen molar-refractivity contribution in [1.29, 1.82) is 0 Å². The minimum Gasteiger partial charge on any atom is -0.497 e. The molecule has 36 heavy (non-hydrogen) atoms. The van der Waals surface area contributed by atoms with Crippen LogP contribution in [0.25, 0.3) is 17.1 Å². The van der Waals surface area contributed by atoms with Gasteiger partial charge in [-0.2, -0.15) is 0 Å². The number of thiazole rings is 1. The second-order valence-corrected chi connectivity index (χ2v) is 10.3. The SMILES string of the molecule is COc1ccc(-c2nnc(SCc3csc(Nc4ccccc4)n3)n2-c2ccccc2C(C)C)cc1. The minimum absolute atomic E-state index is 0.357. The Morgan fingerprint density at radius 2 is 1.69 bits per heavy atom. The van der Waals surface area contributed by atoms with E-state index in [0.717, 1.165) is 44.5 Å². The molecular formula is C28H27N5OS2. The van der Waals surface area contributed by atoms with Gasteiger partial charge < -0.3 is 10.1 Å². The van der Waals surface area contributed by atoms with Crippen LogP contribution >= 0.6 is 23.1 Å². The first-order valence-corrected chi connectivity index (χ1v) is 13.6. The Hall–Kier alpha value is -3.62. The van der Waals surface area contributed by atoms with Crippen molar-refractivity contribution in [3.05, 3.63) is 95.5 Å². The summed E-state index contributed by atoms with van der Waals surface area (Å²) in [6, 6.07) is 26.5. The van der Waals surface area contributed by atoms with Gasteiger partial charge in [-0.25, -0.2) is 4.98 Å².